The Hall–Kier alpha value is -2.85. The van der Waals surface area contributed by atoms with Crippen LogP contribution in [-0.2, 0) is 19.1 Å². The molecule has 13 heteroatoms. The highest BCUT2D eigenvalue weighted by Gasteiger charge is 2.47. The fourth-order valence-electron chi connectivity index (χ4n) is 3.64. The summed E-state index contributed by atoms with van der Waals surface area (Å²) in [6, 6.07) is 4.50. The molecule has 0 aromatic heterocycles. The minimum atomic E-state index is -1.34. The molecule has 2 aromatic rings. The Morgan fingerprint density at radius 1 is 0.919 bits per heavy atom. The van der Waals surface area contributed by atoms with Crippen LogP contribution >= 0.6 is 46.4 Å². The van der Waals surface area contributed by atoms with Crippen LogP contribution in [0, 0.1) is 0 Å². The number of carbonyl (C=O) groups is 5. The molecule has 1 heterocycles. The first-order chi connectivity index (χ1) is 17.5. The number of imide groups is 1. The Labute approximate surface area is 231 Å². The number of hydrogen-bond acceptors (Lipinski definition) is 7. The quantitative estimate of drug-likeness (QED) is 0.179. The maximum atomic E-state index is 13.2. The summed E-state index contributed by atoms with van der Waals surface area (Å²) in [4.78, 5) is 63.9. The molecule has 1 aliphatic rings. The first-order valence-corrected chi connectivity index (χ1v) is 12.4. The van der Waals surface area contributed by atoms with Crippen LogP contribution in [0.4, 0.5) is 5.69 Å². The summed E-state index contributed by atoms with van der Waals surface area (Å²) in [6.07, 6.45) is 1.19. The van der Waals surface area contributed by atoms with Crippen LogP contribution < -0.4 is 5.32 Å². The SMILES string of the molecule is CCCC[C@@H](C(=O)OCC(=O)Nc1ccc(C(=O)OC)cc1)N1C(=O)c2c(Cl)c(Cl)c(Cl)c(Cl)c2C1=O. The van der Waals surface area contributed by atoms with Crippen molar-refractivity contribution in [2.75, 3.05) is 19.0 Å². The van der Waals surface area contributed by atoms with Gasteiger partial charge in [0.15, 0.2) is 6.61 Å². The van der Waals surface area contributed by atoms with E-state index in [1.165, 1.54) is 31.4 Å². The summed E-state index contributed by atoms with van der Waals surface area (Å²) >= 11 is 24.4. The first kappa shape index (κ1) is 28.7. The van der Waals surface area contributed by atoms with Crippen molar-refractivity contribution in [3.05, 3.63) is 61.0 Å². The number of fused-ring (bicyclic) bond motifs is 1. The third-order valence-electron chi connectivity index (χ3n) is 5.48. The molecule has 0 unspecified atom stereocenters. The number of methoxy groups -OCH3 is 1. The summed E-state index contributed by atoms with van der Waals surface area (Å²) in [5, 5.41) is 1.61. The number of hydrogen-bond donors (Lipinski definition) is 1. The van der Waals surface area contributed by atoms with Gasteiger partial charge in [0.1, 0.15) is 6.04 Å². The second-order valence-electron chi connectivity index (χ2n) is 7.87. The number of carbonyl (C=O) groups excluding carboxylic acids is 5. The Bertz CT molecular complexity index is 1230. The van der Waals surface area contributed by atoms with Crippen LogP contribution in [0.25, 0.3) is 0 Å². The molecular weight excluding hydrogens is 570 g/mol. The lowest BCUT2D eigenvalue weighted by Crippen LogP contribution is -2.46. The molecule has 9 nitrogen and oxygen atoms in total. The summed E-state index contributed by atoms with van der Waals surface area (Å²) in [5.74, 6) is -3.94. The molecule has 2 aromatic carbocycles. The van der Waals surface area contributed by atoms with Crippen molar-refractivity contribution < 1.29 is 33.4 Å². The molecular formula is C24H20Cl4N2O7. The molecule has 3 rings (SSSR count). The zero-order chi connectivity index (χ0) is 27.4. The van der Waals surface area contributed by atoms with Crippen LogP contribution in [0.2, 0.25) is 20.1 Å². The number of esters is 2. The fraction of sp³-hybridized carbons (Fsp3) is 0.292. The molecule has 0 bridgehead atoms. The van der Waals surface area contributed by atoms with E-state index in [1.54, 1.807) is 0 Å². The number of nitrogens with one attached hydrogen (secondary N) is 1. The van der Waals surface area contributed by atoms with Gasteiger partial charge in [0, 0.05) is 5.69 Å². The van der Waals surface area contributed by atoms with Gasteiger partial charge >= 0.3 is 11.9 Å². The van der Waals surface area contributed by atoms with Crippen molar-refractivity contribution in [2.24, 2.45) is 0 Å². The number of nitrogens with zero attached hydrogens (tertiary/aromatic N) is 1. The Balaban J connectivity index is 1.75. The monoisotopic (exact) mass is 588 g/mol. The van der Waals surface area contributed by atoms with Gasteiger partial charge in [-0.3, -0.25) is 19.3 Å². The number of unbranched alkanes of at least 4 members (excludes halogenated alkanes) is 1. The third-order valence-corrected chi connectivity index (χ3v) is 7.28. The number of anilines is 1. The Kier molecular flexibility index (Phi) is 9.41. The van der Waals surface area contributed by atoms with E-state index in [4.69, 9.17) is 51.1 Å². The van der Waals surface area contributed by atoms with Gasteiger partial charge in [0.05, 0.1) is 43.9 Å². The zero-order valence-corrected chi connectivity index (χ0v) is 22.6. The maximum absolute atomic E-state index is 13.2. The lowest BCUT2D eigenvalue weighted by Gasteiger charge is -2.24. The van der Waals surface area contributed by atoms with E-state index < -0.39 is 42.3 Å². The summed E-state index contributed by atoms with van der Waals surface area (Å²) in [5.41, 5.74) is 0.117. The van der Waals surface area contributed by atoms with Gasteiger partial charge in [-0.05, 0) is 30.7 Å². The third kappa shape index (κ3) is 5.85. The minimum absolute atomic E-state index is 0.0775. The van der Waals surface area contributed by atoms with Gasteiger partial charge in [0.2, 0.25) is 0 Å². The molecule has 1 aliphatic heterocycles. The average molecular weight is 590 g/mol. The first-order valence-electron chi connectivity index (χ1n) is 10.9. The summed E-state index contributed by atoms with van der Waals surface area (Å²) in [7, 11) is 1.25. The highest BCUT2D eigenvalue weighted by Crippen LogP contribution is 2.45. The molecule has 0 spiro atoms. The highest BCUT2D eigenvalue weighted by atomic mass is 35.5. The second kappa shape index (κ2) is 12.1. The van der Waals surface area contributed by atoms with Gasteiger partial charge in [0.25, 0.3) is 17.7 Å². The molecule has 196 valence electrons. The van der Waals surface area contributed by atoms with E-state index in [0.717, 1.165) is 0 Å². The molecule has 0 radical (unpaired) electrons. The van der Waals surface area contributed by atoms with E-state index in [-0.39, 0.29) is 43.2 Å². The molecule has 0 fully saturated rings. The smallest absolute Gasteiger partial charge is 0.337 e. The van der Waals surface area contributed by atoms with Gasteiger partial charge in [-0.15, -0.1) is 0 Å². The van der Waals surface area contributed by atoms with E-state index in [9.17, 15) is 24.0 Å². The van der Waals surface area contributed by atoms with Crippen LogP contribution in [-0.4, -0.2) is 54.3 Å². The largest absolute Gasteiger partial charge is 0.465 e. The van der Waals surface area contributed by atoms with E-state index in [0.29, 0.717) is 23.4 Å². The van der Waals surface area contributed by atoms with Crippen LogP contribution in [0.15, 0.2) is 24.3 Å². The number of amides is 3. The molecule has 0 saturated carbocycles. The second-order valence-corrected chi connectivity index (χ2v) is 9.38. The molecule has 0 aliphatic carbocycles. The van der Waals surface area contributed by atoms with Crippen LogP contribution in [0.1, 0.15) is 57.3 Å². The van der Waals surface area contributed by atoms with Crippen LogP contribution in [0.5, 0.6) is 0 Å². The van der Waals surface area contributed by atoms with Gasteiger partial charge in [-0.2, -0.15) is 0 Å². The number of halogens is 4. The summed E-state index contributed by atoms with van der Waals surface area (Å²) < 4.78 is 9.75. The molecule has 3 amide bonds. The van der Waals surface area contributed by atoms with Crippen molar-refractivity contribution >= 4 is 81.8 Å². The fourth-order valence-corrected chi connectivity index (χ4v) is 4.65. The minimum Gasteiger partial charge on any atom is -0.465 e. The van der Waals surface area contributed by atoms with E-state index in [2.05, 4.69) is 10.1 Å². The van der Waals surface area contributed by atoms with Crippen molar-refractivity contribution in [1.29, 1.82) is 0 Å². The van der Waals surface area contributed by atoms with Gasteiger partial charge < -0.3 is 14.8 Å². The lowest BCUT2D eigenvalue weighted by atomic mass is 10.1. The van der Waals surface area contributed by atoms with Gasteiger partial charge in [-0.1, -0.05) is 66.2 Å². The molecule has 1 N–H and O–H groups in total. The Morgan fingerprint density at radius 3 is 1.95 bits per heavy atom. The molecule has 1 atom stereocenters. The lowest BCUT2D eigenvalue weighted by molar-refractivity contribution is -0.151. The summed E-state index contributed by atoms with van der Waals surface area (Å²) in [6.45, 7) is 1.17. The van der Waals surface area contributed by atoms with Gasteiger partial charge in [-0.25, -0.2) is 9.59 Å². The predicted molar refractivity (Wildman–Crippen MR) is 138 cm³/mol. The normalized spacial score (nSPS) is 13.3. The van der Waals surface area contributed by atoms with Crippen LogP contribution in [0.3, 0.4) is 0 Å². The van der Waals surface area contributed by atoms with E-state index >= 15 is 0 Å². The molecule has 0 saturated heterocycles. The predicted octanol–water partition coefficient (Wildman–Crippen LogP) is 5.42. The van der Waals surface area contributed by atoms with Crippen molar-refractivity contribution in [3.8, 4) is 0 Å². The number of rotatable bonds is 9. The average Bonchev–Trinajstić information content (AvgIpc) is 3.15. The zero-order valence-electron chi connectivity index (χ0n) is 19.5. The maximum Gasteiger partial charge on any atom is 0.337 e. The highest BCUT2D eigenvalue weighted by molar-refractivity contribution is 6.55. The van der Waals surface area contributed by atoms with Crippen molar-refractivity contribution in [3.63, 3.8) is 0 Å². The van der Waals surface area contributed by atoms with E-state index in [1.807, 2.05) is 6.92 Å². The number of benzene rings is 2. The van der Waals surface area contributed by atoms with Crippen molar-refractivity contribution in [1.82, 2.24) is 4.90 Å². The standard InChI is InChI=1S/C24H20Cl4N2O7/c1-3-4-5-13(30-21(32)15-16(22(30)33)18(26)20(28)19(27)17(15)25)24(35)37-10-14(31)29-12-8-6-11(7-9-12)23(34)36-2/h6-9,13H,3-5,10H2,1-2H3,(H,29,31)/t13-/m0/s1. The topological polar surface area (TPSA) is 119 Å². The number of ether oxygens (including phenoxy) is 2. The molecule has 37 heavy (non-hydrogen) atoms. The Morgan fingerprint density at radius 2 is 1.46 bits per heavy atom. The van der Waals surface area contributed by atoms with Crippen molar-refractivity contribution in [2.45, 2.75) is 32.2 Å².